The second-order valence-electron chi connectivity index (χ2n) is 5.88. The predicted molar refractivity (Wildman–Crippen MR) is 100 cm³/mol. The maximum Gasteiger partial charge on any atom is 0.242 e. The van der Waals surface area contributed by atoms with Gasteiger partial charge >= 0.3 is 0 Å². The summed E-state index contributed by atoms with van der Waals surface area (Å²) < 4.78 is 10.6. The van der Waals surface area contributed by atoms with Gasteiger partial charge in [0.05, 0.1) is 19.9 Å². The summed E-state index contributed by atoms with van der Waals surface area (Å²) in [5.74, 6) is 0.656. The number of benzene rings is 2. The molecule has 0 fully saturated rings. The molecule has 0 N–H and O–H groups in total. The number of likely N-dealkylation sites (N-methyl/N-ethyl adjacent to an activating group) is 1. The molecule has 0 aliphatic heterocycles. The Morgan fingerprint density at radius 2 is 1.69 bits per heavy atom. The average Bonchev–Trinajstić information content (AvgIpc) is 2.65. The zero-order chi connectivity index (χ0) is 19.1. The average molecular weight is 356 g/mol. The van der Waals surface area contributed by atoms with E-state index in [9.17, 15) is 9.59 Å². The Balaban J connectivity index is 2.20. The molecule has 6 heteroatoms. The zero-order valence-electron chi connectivity index (χ0n) is 15.6. The smallest absolute Gasteiger partial charge is 0.242 e. The fraction of sp³-hybridized carbons (Fsp3) is 0.300. The van der Waals surface area contributed by atoms with E-state index < -0.39 is 0 Å². The van der Waals surface area contributed by atoms with Gasteiger partial charge in [0, 0.05) is 26.6 Å². The van der Waals surface area contributed by atoms with Gasteiger partial charge < -0.3 is 14.4 Å². The van der Waals surface area contributed by atoms with E-state index >= 15 is 0 Å². The molecule has 0 spiro atoms. The van der Waals surface area contributed by atoms with Crippen LogP contribution in [-0.2, 0) is 16.1 Å². The summed E-state index contributed by atoms with van der Waals surface area (Å²) in [5.41, 5.74) is 1.53. The lowest BCUT2D eigenvalue weighted by molar-refractivity contribution is -0.130. The Morgan fingerprint density at radius 1 is 1.00 bits per heavy atom. The van der Waals surface area contributed by atoms with Crippen molar-refractivity contribution in [3.05, 3.63) is 54.1 Å². The molecule has 0 aliphatic rings. The first-order chi connectivity index (χ1) is 12.5. The summed E-state index contributed by atoms with van der Waals surface area (Å²) in [4.78, 5) is 27.8. The van der Waals surface area contributed by atoms with Crippen LogP contribution in [-0.4, -0.2) is 44.5 Å². The minimum absolute atomic E-state index is 0.0812. The standard InChI is InChI=1S/C20H24N2O4/c1-15(23)22(18-12-17(25-3)10-11-19(18)26-4)14-20(24)21(2)13-16-8-6-5-7-9-16/h5-12H,13-14H2,1-4H3. The lowest BCUT2D eigenvalue weighted by Gasteiger charge is -2.26. The van der Waals surface area contributed by atoms with E-state index in [1.54, 1.807) is 37.3 Å². The van der Waals surface area contributed by atoms with Gasteiger partial charge in [-0.05, 0) is 17.7 Å². The largest absolute Gasteiger partial charge is 0.497 e. The molecular weight excluding hydrogens is 332 g/mol. The summed E-state index contributed by atoms with van der Waals surface area (Å²) in [6.07, 6.45) is 0. The van der Waals surface area contributed by atoms with Crippen molar-refractivity contribution in [3.63, 3.8) is 0 Å². The normalized spacial score (nSPS) is 10.2. The zero-order valence-corrected chi connectivity index (χ0v) is 15.6. The maximum absolute atomic E-state index is 12.6. The van der Waals surface area contributed by atoms with E-state index in [1.165, 1.54) is 18.9 Å². The minimum Gasteiger partial charge on any atom is -0.497 e. The third-order valence-electron chi connectivity index (χ3n) is 4.04. The summed E-state index contributed by atoms with van der Waals surface area (Å²) in [6, 6.07) is 14.8. The molecule has 0 aliphatic carbocycles. The number of amides is 2. The molecule has 6 nitrogen and oxygen atoms in total. The third-order valence-corrected chi connectivity index (χ3v) is 4.04. The molecule has 0 heterocycles. The molecule has 0 atom stereocenters. The van der Waals surface area contributed by atoms with Gasteiger partial charge in [0.25, 0.3) is 0 Å². The summed E-state index contributed by atoms with van der Waals surface area (Å²) in [7, 11) is 4.78. The van der Waals surface area contributed by atoms with Crippen molar-refractivity contribution < 1.29 is 19.1 Å². The van der Waals surface area contributed by atoms with Crippen LogP contribution >= 0.6 is 0 Å². The van der Waals surface area contributed by atoms with Crippen LogP contribution in [0.1, 0.15) is 12.5 Å². The van der Waals surface area contributed by atoms with E-state index in [1.807, 2.05) is 30.3 Å². The van der Waals surface area contributed by atoms with Crippen molar-refractivity contribution in [1.29, 1.82) is 0 Å². The molecule has 0 saturated heterocycles. The highest BCUT2D eigenvalue weighted by molar-refractivity contribution is 5.98. The molecule has 138 valence electrons. The molecule has 0 unspecified atom stereocenters. The highest BCUT2D eigenvalue weighted by atomic mass is 16.5. The van der Waals surface area contributed by atoms with Gasteiger partial charge in [-0.2, -0.15) is 0 Å². The Morgan fingerprint density at radius 3 is 2.27 bits per heavy atom. The van der Waals surface area contributed by atoms with E-state index in [-0.39, 0.29) is 18.4 Å². The molecule has 0 aromatic heterocycles. The molecule has 2 rings (SSSR count). The van der Waals surface area contributed by atoms with Crippen LogP contribution in [0.2, 0.25) is 0 Å². The lowest BCUT2D eigenvalue weighted by atomic mass is 10.2. The second-order valence-corrected chi connectivity index (χ2v) is 5.88. The molecule has 2 amide bonds. The van der Waals surface area contributed by atoms with Crippen molar-refractivity contribution in [2.24, 2.45) is 0 Å². The minimum atomic E-state index is -0.252. The van der Waals surface area contributed by atoms with E-state index in [0.717, 1.165) is 5.56 Å². The third kappa shape index (κ3) is 4.75. The number of methoxy groups -OCH3 is 2. The van der Waals surface area contributed by atoms with Gasteiger partial charge in [0.1, 0.15) is 18.0 Å². The molecule has 0 saturated carbocycles. The Bertz CT molecular complexity index is 762. The van der Waals surface area contributed by atoms with E-state index in [4.69, 9.17) is 9.47 Å². The number of hydrogen-bond donors (Lipinski definition) is 0. The fourth-order valence-electron chi connectivity index (χ4n) is 2.58. The first-order valence-corrected chi connectivity index (χ1v) is 8.24. The number of hydrogen-bond acceptors (Lipinski definition) is 4. The van der Waals surface area contributed by atoms with Gasteiger partial charge in [-0.1, -0.05) is 30.3 Å². The van der Waals surface area contributed by atoms with Gasteiger partial charge in [0.15, 0.2) is 0 Å². The number of anilines is 1. The van der Waals surface area contributed by atoms with Crippen molar-refractivity contribution in [1.82, 2.24) is 4.90 Å². The molecule has 2 aromatic carbocycles. The number of nitrogens with zero attached hydrogens (tertiary/aromatic N) is 2. The van der Waals surface area contributed by atoms with Crippen molar-refractivity contribution in [3.8, 4) is 11.5 Å². The summed E-state index contributed by atoms with van der Waals surface area (Å²) in [5, 5.41) is 0. The van der Waals surface area contributed by atoms with Crippen LogP contribution in [0.5, 0.6) is 11.5 Å². The number of carbonyl (C=O) groups is 2. The molecular formula is C20H24N2O4. The van der Waals surface area contributed by atoms with Crippen LogP contribution in [0.3, 0.4) is 0 Å². The first kappa shape index (κ1) is 19.3. The Kier molecular flexibility index (Phi) is 6.60. The summed E-state index contributed by atoms with van der Waals surface area (Å²) >= 11 is 0. The van der Waals surface area contributed by atoms with Gasteiger partial charge in [-0.3, -0.25) is 14.5 Å². The van der Waals surface area contributed by atoms with Crippen molar-refractivity contribution in [2.45, 2.75) is 13.5 Å². The predicted octanol–water partition coefficient (Wildman–Crippen LogP) is 2.72. The van der Waals surface area contributed by atoms with Crippen molar-refractivity contribution >= 4 is 17.5 Å². The topological polar surface area (TPSA) is 59.1 Å². The number of carbonyl (C=O) groups excluding carboxylic acids is 2. The Hall–Kier alpha value is -3.02. The maximum atomic E-state index is 12.6. The van der Waals surface area contributed by atoms with E-state index in [0.29, 0.717) is 23.7 Å². The second kappa shape index (κ2) is 8.89. The van der Waals surface area contributed by atoms with Gasteiger partial charge in [0.2, 0.25) is 11.8 Å². The van der Waals surface area contributed by atoms with Crippen LogP contribution in [0.25, 0.3) is 0 Å². The monoisotopic (exact) mass is 356 g/mol. The van der Waals surface area contributed by atoms with Gasteiger partial charge in [-0.25, -0.2) is 0 Å². The number of rotatable bonds is 7. The molecule has 0 bridgehead atoms. The molecule has 26 heavy (non-hydrogen) atoms. The number of ether oxygens (including phenoxy) is 2. The van der Waals surface area contributed by atoms with Crippen LogP contribution < -0.4 is 14.4 Å². The lowest BCUT2D eigenvalue weighted by Crippen LogP contribution is -2.40. The van der Waals surface area contributed by atoms with E-state index in [2.05, 4.69) is 0 Å². The highest BCUT2D eigenvalue weighted by Gasteiger charge is 2.22. The summed E-state index contributed by atoms with van der Waals surface area (Å²) in [6.45, 7) is 1.81. The van der Waals surface area contributed by atoms with Crippen LogP contribution in [0.15, 0.2) is 48.5 Å². The fourth-order valence-corrected chi connectivity index (χ4v) is 2.58. The SMILES string of the molecule is COc1ccc(OC)c(N(CC(=O)N(C)Cc2ccccc2)C(C)=O)c1. The first-order valence-electron chi connectivity index (χ1n) is 8.24. The van der Waals surface area contributed by atoms with Crippen LogP contribution in [0.4, 0.5) is 5.69 Å². The molecule has 0 radical (unpaired) electrons. The Labute approximate surface area is 153 Å². The quantitative estimate of drug-likeness (QED) is 0.765. The molecule has 2 aromatic rings. The van der Waals surface area contributed by atoms with Gasteiger partial charge in [-0.15, -0.1) is 0 Å². The van der Waals surface area contributed by atoms with Crippen LogP contribution in [0, 0.1) is 0 Å². The van der Waals surface area contributed by atoms with Crippen molar-refractivity contribution in [2.75, 3.05) is 32.7 Å². The highest BCUT2D eigenvalue weighted by Crippen LogP contribution is 2.32.